The smallest absolute Gasteiger partial charge is 0.309 e. The normalized spacial score (nSPS) is 12.7. The van der Waals surface area contributed by atoms with Gasteiger partial charge in [-0.2, -0.15) is 0 Å². The Balaban J connectivity index is 4.28. The lowest BCUT2D eigenvalue weighted by Gasteiger charge is -2.18. The molecule has 0 rings (SSSR count). The van der Waals surface area contributed by atoms with Gasteiger partial charge in [0.15, 0.2) is 6.10 Å². The number of carbonyl (C=O) groups is 3. The van der Waals surface area contributed by atoms with E-state index in [4.69, 9.17) is 14.2 Å². The van der Waals surface area contributed by atoms with Crippen LogP contribution >= 0.6 is 0 Å². The maximum Gasteiger partial charge on any atom is 0.309 e. The van der Waals surface area contributed by atoms with Gasteiger partial charge < -0.3 is 14.2 Å². The third kappa shape index (κ3) is 67.1. The van der Waals surface area contributed by atoms with Crippen LogP contribution in [0.4, 0.5) is 0 Å². The van der Waals surface area contributed by atoms with Crippen molar-refractivity contribution in [1.82, 2.24) is 0 Å². The summed E-state index contributed by atoms with van der Waals surface area (Å²) in [7, 11) is 0. The summed E-state index contributed by atoms with van der Waals surface area (Å²) in [5, 5.41) is 0. The second kappa shape index (κ2) is 69.8. The Labute approximate surface area is 508 Å². The lowest BCUT2D eigenvalue weighted by Crippen LogP contribution is -2.30. The first-order valence-electron chi connectivity index (χ1n) is 35.2. The molecule has 0 aromatic carbocycles. The third-order valence-electron chi connectivity index (χ3n) is 15.4. The van der Waals surface area contributed by atoms with Gasteiger partial charge in [0.25, 0.3) is 0 Å². The second-order valence-corrected chi connectivity index (χ2v) is 23.4. The average Bonchev–Trinajstić information content (AvgIpc) is 3.47. The number of unbranched alkanes of at least 4 members (excludes halogenated alkanes) is 38. The fourth-order valence-corrected chi connectivity index (χ4v) is 10.1. The summed E-state index contributed by atoms with van der Waals surface area (Å²) in [4.78, 5) is 38.3. The van der Waals surface area contributed by atoms with Gasteiger partial charge in [0.2, 0.25) is 0 Å². The van der Waals surface area contributed by atoms with E-state index in [0.29, 0.717) is 12.8 Å². The van der Waals surface area contributed by atoms with Gasteiger partial charge in [-0.05, 0) is 83.5 Å². The molecule has 0 N–H and O–H groups in total. The molecule has 0 saturated heterocycles. The Morgan fingerprint density at radius 1 is 0.268 bits per heavy atom. The number of ether oxygens (including phenoxy) is 3. The molecule has 0 aromatic rings. The van der Waals surface area contributed by atoms with Gasteiger partial charge in [-0.15, -0.1) is 0 Å². The molecule has 1 atom stereocenters. The van der Waals surface area contributed by atoms with Crippen LogP contribution in [-0.4, -0.2) is 37.2 Å². The minimum absolute atomic E-state index is 0.104. The summed E-state index contributed by atoms with van der Waals surface area (Å²) in [6.45, 7) is 6.47. The number of hydrogen-bond acceptors (Lipinski definition) is 6. The Hall–Kier alpha value is -3.67. The molecule has 6 heteroatoms. The molecule has 0 aromatic heterocycles. The summed E-state index contributed by atoms with van der Waals surface area (Å²) in [6.07, 6.45) is 94.7. The van der Waals surface area contributed by atoms with Gasteiger partial charge in [0.05, 0.1) is 6.42 Å². The first kappa shape index (κ1) is 78.3. The standard InChI is InChI=1S/C76H132O6/c1-4-7-10-13-16-19-22-25-28-30-32-33-34-35-36-37-38-39-40-41-42-43-44-46-48-51-54-57-60-63-66-69-75(78)81-72-73(71-80-74(77)68-65-62-59-56-53-50-47-27-24-21-18-15-12-9-6-3)82-76(79)70-67-64-61-58-55-52-49-45-31-29-26-23-20-17-14-11-8-5-2/h9,12,18,21-22,25,27,30,32,34-35,47,53,56,62,65,73H,4-8,10-11,13-17,19-20,23-24,26,28-29,31,33,36-46,48-52,54-55,57-61,63-64,66-72H2,1-3H3/b12-9-,21-18-,25-22-,32-30-,35-34-,47-27-,56-53-,65-62-. The summed E-state index contributed by atoms with van der Waals surface area (Å²) in [5.41, 5.74) is 0. The average molecular weight is 1140 g/mol. The van der Waals surface area contributed by atoms with Crippen molar-refractivity contribution in [2.24, 2.45) is 0 Å². The highest BCUT2D eigenvalue weighted by Crippen LogP contribution is 2.18. The fourth-order valence-electron chi connectivity index (χ4n) is 10.1. The molecular formula is C76H132O6. The van der Waals surface area contributed by atoms with Crippen LogP contribution in [-0.2, 0) is 28.6 Å². The molecule has 0 heterocycles. The summed E-state index contributed by atoms with van der Waals surface area (Å²) in [5.74, 6) is -1.02. The lowest BCUT2D eigenvalue weighted by molar-refractivity contribution is -0.166. The molecule has 0 aliphatic carbocycles. The van der Waals surface area contributed by atoms with Crippen LogP contribution in [0.2, 0.25) is 0 Å². The summed E-state index contributed by atoms with van der Waals surface area (Å²) < 4.78 is 16.9. The van der Waals surface area contributed by atoms with Crippen molar-refractivity contribution in [3.8, 4) is 0 Å². The first-order valence-corrected chi connectivity index (χ1v) is 35.2. The Bertz CT molecular complexity index is 1590. The fraction of sp³-hybridized carbons (Fsp3) is 0.750. The van der Waals surface area contributed by atoms with Gasteiger partial charge in [-0.25, -0.2) is 0 Å². The zero-order valence-electron chi connectivity index (χ0n) is 54.2. The molecule has 0 radical (unpaired) electrons. The predicted molar refractivity (Wildman–Crippen MR) is 357 cm³/mol. The van der Waals surface area contributed by atoms with Crippen LogP contribution in [0.5, 0.6) is 0 Å². The van der Waals surface area contributed by atoms with Crippen LogP contribution < -0.4 is 0 Å². The van der Waals surface area contributed by atoms with E-state index in [-0.39, 0.29) is 31.6 Å². The van der Waals surface area contributed by atoms with Crippen molar-refractivity contribution in [1.29, 1.82) is 0 Å². The van der Waals surface area contributed by atoms with Crippen molar-refractivity contribution in [3.05, 3.63) is 97.2 Å². The lowest BCUT2D eigenvalue weighted by atomic mass is 10.0. The van der Waals surface area contributed by atoms with Crippen molar-refractivity contribution >= 4 is 17.9 Å². The molecule has 0 aliphatic heterocycles. The van der Waals surface area contributed by atoms with E-state index in [1.54, 1.807) is 0 Å². The highest BCUT2D eigenvalue weighted by molar-refractivity contribution is 5.72. The summed E-state index contributed by atoms with van der Waals surface area (Å²) >= 11 is 0. The maximum atomic E-state index is 12.9. The predicted octanol–water partition coefficient (Wildman–Crippen LogP) is 24.4. The van der Waals surface area contributed by atoms with Crippen molar-refractivity contribution in [2.45, 2.75) is 354 Å². The molecule has 82 heavy (non-hydrogen) atoms. The third-order valence-corrected chi connectivity index (χ3v) is 15.4. The molecule has 0 saturated carbocycles. The topological polar surface area (TPSA) is 78.9 Å². The molecule has 472 valence electrons. The van der Waals surface area contributed by atoms with Gasteiger partial charge in [-0.1, -0.05) is 343 Å². The summed E-state index contributed by atoms with van der Waals surface area (Å²) in [6, 6.07) is 0. The number of rotatable bonds is 64. The van der Waals surface area contributed by atoms with Gasteiger partial charge in [0.1, 0.15) is 13.2 Å². The van der Waals surface area contributed by atoms with Crippen molar-refractivity contribution in [2.75, 3.05) is 13.2 Å². The monoisotopic (exact) mass is 1140 g/mol. The Morgan fingerprint density at radius 3 is 0.854 bits per heavy atom. The Morgan fingerprint density at radius 2 is 0.524 bits per heavy atom. The van der Waals surface area contributed by atoms with Crippen LogP contribution in [0.3, 0.4) is 0 Å². The zero-order chi connectivity index (χ0) is 59.2. The van der Waals surface area contributed by atoms with Crippen LogP contribution in [0.1, 0.15) is 348 Å². The SMILES string of the molecule is CC/C=C\C/C=C\C/C=C\C/C=C\C/C=C\CC(=O)OCC(COC(=O)CCCCCCCCCCCCCCCCCC/C=C\C/C=C\C/C=C\CCCCCCC)OC(=O)CCCCCCCCCCCCCCCCCCCC. The van der Waals surface area contributed by atoms with Gasteiger partial charge in [0, 0.05) is 12.8 Å². The van der Waals surface area contributed by atoms with Crippen molar-refractivity contribution in [3.63, 3.8) is 0 Å². The largest absolute Gasteiger partial charge is 0.462 e. The van der Waals surface area contributed by atoms with E-state index < -0.39 is 12.1 Å². The second-order valence-electron chi connectivity index (χ2n) is 23.4. The van der Waals surface area contributed by atoms with Crippen LogP contribution in [0, 0.1) is 0 Å². The molecule has 0 spiro atoms. The molecule has 0 amide bonds. The highest BCUT2D eigenvalue weighted by atomic mass is 16.6. The number of allylic oxidation sites excluding steroid dienone is 15. The van der Waals surface area contributed by atoms with E-state index in [1.807, 2.05) is 12.2 Å². The van der Waals surface area contributed by atoms with E-state index in [9.17, 15) is 14.4 Å². The zero-order valence-corrected chi connectivity index (χ0v) is 54.2. The van der Waals surface area contributed by atoms with E-state index in [2.05, 4.69) is 106 Å². The van der Waals surface area contributed by atoms with Crippen LogP contribution in [0.25, 0.3) is 0 Å². The quantitative estimate of drug-likeness (QED) is 0.0261. The molecule has 6 nitrogen and oxygen atoms in total. The highest BCUT2D eigenvalue weighted by Gasteiger charge is 2.19. The number of carbonyl (C=O) groups excluding carboxylic acids is 3. The molecule has 0 aliphatic rings. The molecule has 0 fully saturated rings. The van der Waals surface area contributed by atoms with E-state index >= 15 is 0 Å². The van der Waals surface area contributed by atoms with Crippen LogP contribution in [0.15, 0.2) is 97.2 Å². The minimum atomic E-state index is -0.817. The van der Waals surface area contributed by atoms with Gasteiger partial charge >= 0.3 is 17.9 Å². The van der Waals surface area contributed by atoms with E-state index in [1.165, 1.54) is 225 Å². The number of esters is 3. The van der Waals surface area contributed by atoms with Gasteiger partial charge in [-0.3, -0.25) is 14.4 Å². The molecule has 0 bridgehead atoms. The van der Waals surface area contributed by atoms with Crippen molar-refractivity contribution < 1.29 is 28.6 Å². The maximum absolute atomic E-state index is 12.9. The number of hydrogen-bond donors (Lipinski definition) is 0. The molecule has 1 unspecified atom stereocenters. The molecular weight excluding hydrogens is 1010 g/mol. The first-order chi connectivity index (χ1) is 40.5. The van der Waals surface area contributed by atoms with E-state index in [0.717, 1.165) is 83.5 Å². The Kier molecular flexibility index (Phi) is 66.7. The minimum Gasteiger partial charge on any atom is -0.462 e.